The second-order valence-electron chi connectivity index (χ2n) is 2.21. The lowest BCUT2D eigenvalue weighted by Crippen LogP contribution is -1.73. The van der Waals surface area contributed by atoms with Crippen LogP contribution in [0.15, 0.2) is 24.3 Å². The summed E-state index contributed by atoms with van der Waals surface area (Å²) in [5, 5.41) is 9.45. The van der Waals surface area contributed by atoms with E-state index in [1.54, 1.807) is 18.2 Å². The summed E-state index contributed by atoms with van der Waals surface area (Å²) in [6.07, 6.45) is 3.61. The highest BCUT2D eigenvalue weighted by Gasteiger charge is 1.96. The molecule has 1 rings (SSSR count). The molecule has 0 bridgehead atoms. The summed E-state index contributed by atoms with van der Waals surface area (Å²) in [7, 11) is 0. The zero-order chi connectivity index (χ0) is 8.97. The van der Waals surface area contributed by atoms with Gasteiger partial charge in [0, 0.05) is 0 Å². The first-order valence-electron chi connectivity index (χ1n) is 3.34. The molecule has 0 aliphatic heterocycles. The molecule has 2 nitrogen and oxygen atoms in total. The van der Waals surface area contributed by atoms with E-state index in [1.165, 1.54) is 12.1 Å². The third kappa shape index (κ3) is 2.10. The normalized spacial score (nSPS) is 10.4. The molecule has 62 valence electrons. The summed E-state index contributed by atoms with van der Waals surface area (Å²) in [5.74, 6) is 0.0183. The van der Waals surface area contributed by atoms with Crippen molar-refractivity contribution >= 4 is 24.0 Å². The molecule has 1 aromatic carbocycles. The van der Waals surface area contributed by atoms with E-state index in [4.69, 9.17) is 16.7 Å². The highest BCUT2D eigenvalue weighted by Crippen LogP contribution is 2.23. The van der Waals surface area contributed by atoms with Crippen molar-refractivity contribution in [3.8, 4) is 5.75 Å². The minimum absolute atomic E-state index is 0.0183. The fourth-order valence-electron chi connectivity index (χ4n) is 0.784. The van der Waals surface area contributed by atoms with E-state index in [9.17, 15) is 4.79 Å². The number of hydrogen-bond donors (Lipinski definition) is 1. The lowest BCUT2D eigenvalue weighted by Gasteiger charge is -1.96. The molecule has 12 heavy (non-hydrogen) atoms. The highest BCUT2D eigenvalue weighted by atomic mass is 35.5. The third-order valence-corrected chi connectivity index (χ3v) is 1.66. The van der Waals surface area contributed by atoms with Gasteiger partial charge in [0.1, 0.15) is 12.0 Å². The fraction of sp³-hybridized carbons (Fsp3) is 0. The monoisotopic (exact) mass is 182 g/mol. The van der Waals surface area contributed by atoms with Crippen LogP contribution < -0.4 is 0 Å². The van der Waals surface area contributed by atoms with Crippen molar-refractivity contribution in [2.45, 2.75) is 0 Å². The highest BCUT2D eigenvalue weighted by molar-refractivity contribution is 6.32. The minimum atomic E-state index is 0.0183. The Bertz CT molecular complexity index is 318. The standard InChI is InChI=1S/C9H7ClO2/c10-8-4-3-7(2-1-5-11)6-9(8)12/h1-6,12H. The Kier molecular flexibility index (Phi) is 2.88. The van der Waals surface area contributed by atoms with Gasteiger partial charge in [-0.15, -0.1) is 0 Å². The van der Waals surface area contributed by atoms with Crippen LogP contribution in [-0.4, -0.2) is 11.4 Å². The molecule has 0 saturated carbocycles. The predicted octanol–water partition coefficient (Wildman–Crippen LogP) is 2.26. The van der Waals surface area contributed by atoms with Gasteiger partial charge in [0.15, 0.2) is 0 Å². The Morgan fingerprint density at radius 2 is 2.17 bits per heavy atom. The summed E-state index contributed by atoms with van der Waals surface area (Å²) in [6, 6.07) is 4.77. The van der Waals surface area contributed by atoms with E-state index in [-0.39, 0.29) is 5.75 Å². The van der Waals surface area contributed by atoms with Crippen molar-refractivity contribution < 1.29 is 9.90 Å². The van der Waals surface area contributed by atoms with Gasteiger partial charge in [0.2, 0.25) is 0 Å². The molecular formula is C9H7ClO2. The number of allylic oxidation sites excluding steroid dienone is 1. The minimum Gasteiger partial charge on any atom is -0.506 e. The summed E-state index contributed by atoms with van der Waals surface area (Å²) >= 11 is 5.57. The van der Waals surface area contributed by atoms with Crippen molar-refractivity contribution in [2.75, 3.05) is 0 Å². The van der Waals surface area contributed by atoms with Crippen molar-refractivity contribution in [2.24, 2.45) is 0 Å². The average Bonchev–Trinajstić information content (AvgIpc) is 2.07. The average molecular weight is 183 g/mol. The van der Waals surface area contributed by atoms with E-state index < -0.39 is 0 Å². The lowest BCUT2D eigenvalue weighted by atomic mass is 10.2. The molecule has 1 aromatic rings. The number of hydrogen-bond acceptors (Lipinski definition) is 2. The van der Waals surface area contributed by atoms with Crippen LogP contribution in [0.25, 0.3) is 6.08 Å². The van der Waals surface area contributed by atoms with Crippen molar-refractivity contribution in [1.29, 1.82) is 0 Å². The Morgan fingerprint density at radius 1 is 1.42 bits per heavy atom. The van der Waals surface area contributed by atoms with Crippen LogP contribution in [0.5, 0.6) is 5.75 Å². The number of rotatable bonds is 2. The molecule has 0 atom stereocenters. The summed E-state index contributed by atoms with van der Waals surface area (Å²) in [6.45, 7) is 0. The molecule has 0 amide bonds. The SMILES string of the molecule is O=CC=Cc1ccc(Cl)c(O)c1. The van der Waals surface area contributed by atoms with E-state index >= 15 is 0 Å². The Balaban J connectivity index is 2.96. The van der Waals surface area contributed by atoms with Gasteiger partial charge in [-0.3, -0.25) is 4.79 Å². The van der Waals surface area contributed by atoms with Crippen molar-refractivity contribution in [1.82, 2.24) is 0 Å². The maximum Gasteiger partial charge on any atom is 0.142 e. The van der Waals surface area contributed by atoms with Gasteiger partial charge < -0.3 is 5.11 Å². The number of aldehydes is 1. The maximum absolute atomic E-state index is 9.95. The summed E-state index contributed by atoms with van der Waals surface area (Å²) < 4.78 is 0. The molecule has 0 heterocycles. The number of benzene rings is 1. The zero-order valence-electron chi connectivity index (χ0n) is 6.20. The molecule has 0 aliphatic rings. The molecule has 0 radical (unpaired) electrons. The number of carbonyl (C=O) groups excluding carboxylic acids is 1. The summed E-state index contributed by atoms with van der Waals surface area (Å²) in [4.78, 5) is 9.95. The first kappa shape index (κ1) is 8.81. The topological polar surface area (TPSA) is 37.3 Å². The Morgan fingerprint density at radius 3 is 2.75 bits per heavy atom. The number of aromatic hydroxyl groups is 1. The smallest absolute Gasteiger partial charge is 0.142 e. The second-order valence-corrected chi connectivity index (χ2v) is 2.61. The van der Waals surface area contributed by atoms with Crippen LogP contribution in [0.3, 0.4) is 0 Å². The molecule has 1 N–H and O–H groups in total. The first-order chi connectivity index (χ1) is 5.74. The fourth-order valence-corrected chi connectivity index (χ4v) is 0.901. The van der Waals surface area contributed by atoms with Crippen LogP contribution in [0.4, 0.5) is 0 Å². The molecule has 3 heteroatoms. The van der Waals surface area contributed by atoms with Crippen LogP contribution in [0.2, 0.25) is 5.02 Å². The molecule has 0 saturated heterocycles. The maximum atomic E-state index is 9.95. The first-order valence-corrected chi connectivity index (χ1v) is 3.72. The van der Waals surface area contributed by atoms with Gasteiger partial charge in [0.05, 0.1) is 5.02 Å². The van der Waals surface area contributed by atoms with Gasteiger partial charge in [-0.2, -0.15) is 0 Å². The van der Waals surface area contributed by atoms with Crippen LogP contribution in [-0.2, 0) is 4.79 Å². The van der Waals surface area contributed by atoms with Crippen LogP contribution in [0.1, 0.15) is 5.56 Å². The van der Waals surface area contributed by atoms with Crippen molar-refractivity contribution in [3.05, 3.63) is 34.9 Å². The summed E-state index contributed by atoms with van der Waals surface area (Å²) in [5.41, 5.74) is 0.740. The zero-order valence-corrected chi connectivity index (χ0v) is 6.95. The van der Waals surface area contributed by atoms with Crippen LogP contribution in [0, 0.1) is 0 Å². The number of phenols is 1. The molecule has 0 fully saturated rings. The number of halogens is 1. The quantitative estimate of drug-likeness (QED) is 0.563. The number of phenolic OH excluding ortho intramolecular Hbond substituents is 1. The van der Waals surface area contributed by atoms with E-state index in [0.29, 0.717) is 11.3 Å². The second kappa shape index (κ2) is 3.93. The van der Waals surface area contributed by atoms with E-state index in [1.807, 2.05) is 0 Å². The Hall–Kier alpha value is -1.28. The van der Waals surface area contributed by atoms with Gasteiger partial charge in [0.25, 0.3) is 0 Å². The molecule has 0 aliphatic carbocycles. The molecule has 0 spiro atoms. The van der Waals surface area contributed by atoms with Gasteiger partial charge in [-0.05, 0) is 23.8 Å². The van der Waals surface area contributed by atoms with Gasteiger partial charge in [-0.25, -0.2) is 0 Å². The molecule has 0 unspecified atom stereocenters. The van der Waals surface area contributed by atoms with Crippen LogP contribution >= 0.6 is 11.6 Å². The predicted molar refractivity (Wildman–Crippen MR) is 48.2 cm³/mol. The third-order valence-electron chi connectivity index (χ3n) is 1.34. The Labute approximate surface area is 75.1 Å². The van der Waals surface area contributed by atoms with Crippen molar-refractivity contribution in [3.63, 3.8) is 0 Å². The van der Waals surface area contributed by atoms with E-state index in [2.05, 4.69) is 0 Å². The van der Waals surface area contributed by atoms with Gasteiger partial charge >= 0.3 is 0 Å². The molecule has 0 aromatic heterocycles. The molecular weight excluding hydrogens is 176 g/mol. The largest absolute Gasteiger partial charge is 0.506 e. The van der Waals surface area contributed by atoms with E-state index in [0.717, 1.165) is 5.56 Å². The van der Waals surface area contributed by atoms with Gasteiger partial charge in [-0.1, -0.05) is 23.7 Å². The lowest BCUT2D eigenvalue weighted by molar-refractivity contribution is -0.104. The number of carbonyl (C=O) groups is 1.